The molecule has 0 radical (unpaired) electrons. The second kappa shape index (κ2) is 16.4. The molecule has 0 saturated carbocycles. The number of halogens is 1. The van der Waals surface area contributed by atoms with Crippen molar-refractivity contribution in [3.05, 3.63) is 166 Å². The highest BCUT2D eigenvalue weighted by atomic mass is 35.5. The Balaban J connectivity index is 1.18. The lowest BCUT2D eigenvalue weighted by Gasteiger charge is -2.40. The van der Waals surface area contributed by atoms with Crippen LogP contribution < -0.4 is 5.32 Å². The second-order valence-electron chi connectivity index (χ2n) is 16.1. The summed E-state index contributed by atoms with van der Waals surface area (Å²) in [6.07, 6.45) is 0.456. The summed E-state index contributed by atoms with van der Waals surface area (Å²) in [5.74, 6) is -0.751. The summed E-state index contributed by atoms with van der Waals surface area (Å²) in [7, 11) is 0. The van der Waals surface area contributed by atoms with E-state index in [1.165, 1.54) is 0 Å². The van der Waals surface area contributed by atoms with E-state index in [4.69, 9.17) is 21.1 Å². The molecule has 7 nitrogen and oxygen atoms in total. The third-order valence-electron chi connectivity index (χ3n) is 11.5. The quantitative estimate of drug-likeness (QED) is 0.113. The van der Waals surface area contributed by atoms with Crippen LogP contribution >= 0.6 is 11.6 Å². The Morgan fingerprint density at radius 3 is 1.91 bits per heavy atom. The highest BCUT2D eigenvalue weighted by Crippen LogP contribution is 2.46. The molecule has 2 aliphatic rings. The minimum Gasteiger partial charge on any atom is -0.449 e. The van der Waals surface area contributed by atoms with Crippen molar-refractivity contribution < 1.29 is 23.9 Å². The molecule has 7 rings (SSSR count). The topological polar surface area (TPSA) is 84.9 Å². The number of hydrogen-bond acceptors (Lipinski definition) is 5. The fourth-order valence-electron chi connectivity index (χ4n) is 8.41. The van der Waals surface area contributed by atoms with Crippen LogP contribution in [0.4, 0.5) is 4.79 Å². The van der Waals surface area contributed by atoms with Crippen LogP contribution in [0.2, 0.25) is 5.02 Å². The van der Waals surface area contributed by atoms with Gasteiger partial charge in [0.05, 0.1) is 6.42 Å². The van der Waals surface area contributed by atoms with Gasteiger partial charge >= 0.3 is 12.1 Å². The third kappa shape index (κ3) is 7.96. The van der Waals surface area contributed by atoms with E-state index in [1.807, 2.05) is 104 Å². The van der Waals surface area contributed by atoms with Crippen molar-refractivity contribution >= 4 is 29.6 Å². The fourth-order valence-corrected chi connectivity index (χ4v) is 8.67. The predicted molar refractivity (Wildman–Crippen MR) is 220 cm³/mol. The van der Waals surface area contributed by atoms with Crippen molar-refractivity contribution in [2.45, 2.75) is 64.5 Å². The monoisotopic (exact) mass is 768 g/mol. The van der Waals surface area contributed by atoms with Crippen LogP contribution in [0.15, 0.2) is 127 Å². The van der Waals surface area contributed by atoms with Crippen molar-refractivity contribution in [1.29, 1.82) is 0 Å². The first kappa shape index (κ1) is 38.9. The molecule has 56 heavy (non-hydrogen) atoms. The zero-order chi connectivity index (χ0) is 39.5. The molecule has 1 aliphatic heterocycles. The minimum absolute atomic E-state index is 0.0687. The molecule has 5 aromatic rings. The summed E-state index contributed by atoms with van der Waals surface area (Å²) in [4.78, 5) is 44.4. The van der Waals surface area contributed by atoms with Crippen molar-refractivity contribution in [3.63, 3.8) is 0 Å². The molecule has 8 heteroatoms. The van der Waals surface area contributed by atoms with E-state index in [9.17, 15) is 14.4 Å². The Labute approximate surface area is 335 Å². The Hall–Kier alpha value is -5.40. The second-order valence-corrected chi connectivity index (χ2v) is 16.5. The highest BCUT2D eigenvalue weighted by Gasteiger charge is 2.43. The fraction of sp³-hybridized carbons (Fsp3) is 0.312. The Morgan fingerprint density at radius 1 is 0.750 bits per heavy atom. The van der Waals surface area contributed by atoms with Gasteiger partial charge in [0.1, 0.15) is 12.6 Å². The first-order valence-electron chi connectivity index (χ1n) is 19.5. The molecule has 1 heterocycles. The van der Waals surface area contributed by atoms with Gasteiger partial charge in [-0.3, -0.25) is 9.59 Å². The number of piperidine rings is 1. The molecule has 1 saturated heterocycles. The number of likely N-dealkylation sites (tertiary alicyclic amines) is 1. The molecule has 5 aromatic carbocycles. The van der Waals surface area contributed by atoms with Crippen molar-refractivity contribution in [2.75, 3.05) is 19.7 Å². The van der Waals surface area contributed by atoms with E-state index in [0.29, 0.717) is 40.7 Å². The van der Waals surface area contributed by atoms with Crippen LogP contribution in [0.3, 0.4) is 0 Å². The van der Waals surface area contributed by atoms with E-state index in [0.717, 1.165) is 40.7 Å². The van der Waals surface area contributed by atoms with Gasteiger partial charge in [0.25, 0.3) is 0 Å². The summed E-state index contributed by atoms with van der Waals surface area (Å²) in [6, 6.07) is 39.5. The Morgan fingerprint density at radius 2 is 1.30 bits per heavy atom. The molecule has 1 fully saturated rings. The number of fused-ring (bicyclic) bond motifs is 3. The summed E-state index contributed by atoms with van der Waals surface area (Å²) < 4.78 is 12.6. The Kier molecular flexibility index (Phi) is 11.4. The van der Waals surface area contributed by atoms with E-state index in [1.54, 1.807) is 11.0 Å². The van der Waals surface area contributed by atoms with E-state index >= 15 is 0 Å². The van der Waals surface area contributed by atoms with Gasteiger partial charge in [0.2, 0.25) is 5.91 Å². The molecule has 288 valence electrons. The molecule has 2 amide bonds. The number of rotatable bonds is 10. The lowest BCUT2D eigenvalue weighted by molar-refractivity contribution is -0.156. The van der Waals surface area contributed by atoms with E-state index < -0.39 is 30.1 Å². The molecular formula is C48H49ClN2O5. The standard InChI is InChI=1S/C48H49ClN2O5/c1-32-22-24-35(25-23-32)48(34-14-6-5-7-15-34,41-20-12-13-21-42(41)49)56-44(52)30-43(45(53)51-28-26-33(27-29-51)47(2,3)4)50-46(54)55-31-40-38-18-10-8-16-36(38)37-17-9-11-19-39(37)40/h5-25,33,40,43H,26-31H2,1-4H3,(H,50,54)/t43-,48?/m0/s1. The Bertz CT molecular complexity index is 2140. The number of alkyl carbamates (subject to hydrolysis) is 1. The van der Waals surface area contributed by atoms with Crippen molar-refractivity contribution in [2.24, 2.45) is 11.3 Å². The minimum atomic E-state index is -1.47. The van der Waals surface area contributed by atoms with E-state index in [-0.39, 0.29) is 23.8 Å². The van der Waals surface area contributed by atoms with Crippen LogP contribution in [0.1, 0.15) is 79.3 Å². The van der Waals surface area contributed by atoms with Gasteiger partial charge < -0.3 is 19.7 Å². The van der Waals surface area contributed by atoms with Crippen LogP contribution in [0.5, 0.6) is 0 Å². The molecule has 1 unspecified atom stereocenters. The molecule has 0 bridgehead atoms. The number of nitrogens with one attached hydrogen (secondary N) is 1. The number of aryl methyl sites for hydroxylation is 1. The molecule has 0 aromatic heterocycles. The summed E-state index contributed by atoms with van der Waals surface area (Å²) in [5, 5.41) is 3.22. The van der Waals surface area contributed by atoms with Gasteiger partial charge in [-0.25, -0.2) is 4.79 Å². The number of hydrogen-bond donors (Lipinski definition) is 1. The lowest BCUT2D eigenvalue weighted by atomic mass is 9.75. The van der Waals surface area contributed by atoms with Crippen LogP contribution in [-0.4, -0.2) is 48.6 Å². The molecule has 2 atom stereocenters. The normalized spacial score (nSPS) is 15.9. The smallest absolute Gasteiger partial charge is 0.407 e. The highest BCUT2D eigenvalue weighted by molar-refractivity contribution is 6.31. The van der Waals surface area contributed by atoms with Crippen molar-refractivity contribution in [1.82, 2.24) is 10.2 Å². The molecule has 1 N–H and O–H groups in total. The SMILES string of the molecule is Cc1ccc(C(OC(=O)C[C@H](NC(=O)OCC2c3ccccc3-c3ccccc32)C(=O)N2CCC(C(C)(C)C)CC2)(c2ccccc2)c2ccccc2Cl)cc1. The average molecular weight is 769 g/mol. The third-order valence-corrected chi connectivity index (χ3v) is 11.8. The van der Waals surface area contributed by atoms with Crippen LogP contribution in [0.25, 0.3) is 11.1 Å². The molecular weight excluding hydrogens is 720 g/mol. The first-order valence-corrected chi connectivity index (χ1v) is 19.8. The van der Waals surface area contributed by atoms with Gasteiger partial charge in [-0.1, -0.05) is 159 Å². The van der Waals surface area contributed by atoms with Gasteiger partial charge in [0, 0.05) is 40.7 Å². The number of esters is 1. The summed E-state index contributed by atoms with van der Waals surface area (Å²) >= 11 is 6.92. The maximum atomic E-state index is 14.5. The summed E-state index contributed by atoms with van der Waals surface area (Å²) in [6.45, 7) is 9.77. The van der Waals surface area contributed by atoms with Gasteiger partial charge in [-0.15, -0.1) is 0 Å². The van der Waals surface area contributed by atoms with Gasteiger partial charge in [-0.05, 0) is 59.4 Å². The number of carbonyl (C=O) groups excluding carboxylic acids is 3. The number of ether oxygens (including phenoxy) is 2. The van der Waals surface area contributed by atoms with Crippen LogP contribution in [0, 0.1) is 18.3 Å². The van der Waals surface area contributed by atoms with Crippen molar-refractivity contribution in [3.8, 4) is 11.1 Å². The maximum Gasteiger partial charge on any atom is 0.407 e. The summed E-state index contributed by atoms with van der Waals surface area (Å²) in [5.41, 5.74) is 5.99. The first-order chi connectivity index (χ1) is 27.0. The number of carbonyl (C=O) groups is 3. The van der Waals surface area contributed by atoms with E-state index in [2.05, 4.69) is 50.4 Å². The predicted octanol–water partition coefficient (Wildman–Crippen LogP) is 10.1. The lowest BCUT2D eigenvalue weighted by Crippen LogP contribution is -2.52. The number of benzene rings is 5. The molecule has 0 spiro atoms. The van der Waals surface area contributed by atoms with Crippen LogP contribution in [-0.2, 0) is 24.7 Å². The maximum absolute atomic E-state index is 14.5. The zero-order valence-electron chi connectivity index (χ0n) is 32.5. The average Bonchev–Trinajstić information content (AvgIpc) is 3.52. The zero-order valence-corrected chi connectivity index (χ0v) is 33.2. The van der Waals surface area contributed by atoms with Gasteiger partial charge in [-0.2, -0.15) is 0 Å². The number of nitrogens with zero attached hydrogens (tertiary/aromatic N) is 1. The van der Waals surface area contributed by atoms with Gasteiger partial charge in [0.15, 0.2) is 5.60 Å². The largest absolute Gasteiger partial charge is 0.449 e. The molecule has 1 aliphatic carbocycles. The number of amides is 2.